The van der Waals surface area contributed by atoms with Crippen molar-refractivity contribution in [2.45, 2.75) is 57.4 Å². The second-order valence-electron chi connectivity index (χ2n) is 8.28. The number of anilines is 1. The van der Waals surface area contributed by atoms with Crippen LogP contribution < -0.4 is 15.7 Å². The number of ether oxygens (including phenoxy) is 1. The van der Waals surface area contributed by atoms with Crippen LogP contribution in [-0.4, -0.2) is 45.0 Å². The first-order valence-electron chi connectivity index (χ1n) is 11.0. The first-order valence-corrected chi connectivity index (χ1v) is 11.0. The fourth-order valence-electron chi connectivity index (χ4n) is 3.97. The Labute approximate surface area is 176 Å². The first-order chi connectivity index (χ1) is 14.6. The molecule has 2 aromatic rings. The van der Waals surface area contributed by atoms with E-state index in [1.54, 1.807) is 7.05 Å². The van der Waals surface area contributed by atoms with Crippen molar-refractivity contribution in [3.8, 4) is 5.75 Å². The van der Waals surface area contributed by atoms with Crippen LogP contribution in [0.1, 0.15) is 63.2 Å². The number of amides is 2. The van der Waals surface area contributed by atoms with E-state index in [1.807, 2.05) is 33.7 Å². The van der Waals surface area contributed by atoms with Crippen molar-refractivity contribution in [3.05, 3.63) is 40.6 Å². The number of nitrogens with zero attached hydrogens (tertiary/aromatic N) is 4. The number of nitrogens with one attached hydrogen (secondary N) is 1. The minimum Gasteiger partial charge on any atom is -0.494 e. The lowest BCUT2D eigenvalue weighted by Gasteiger charge is -2.31. The number of benzene rings is 1. The van der Waals surface area contributed by atoms with Gasteiger partial charge in [-0.05, 0) is 56.4 Å². The quantitative estimate of drug-likeness (QED) is 0.705. The van der Waals surface area contributed by atoms with Crippen molar-refractivity contribution in [1.82, 2.24) is 19.2 Å². The lowest BCUT2D eigenvalue weighted by atomic mass is 9.96. The van der Waals surface area contributed by atoms with Gasteiger partial charge in [0.25, 0.3) is 0 Å². The van der Waals surface area contributed by atoms with E-state index in [1.165, 1.54) is 4.68 Å². The van der Waals surface area contributed by atoms with E-state index in [4.69, 9.17) is 4.74 Å². The molecule has 2 amide bonds. The van der Waals surface area contributed by atoms with Crippen LogP contribution in [-0.2, 0) is 7.05 Å². The number of hydrogen-bond donors (Lipinski definition) is 1. The van der Waals surface area contributed by atoms with E-state index in [-0.39, 0.29) is 17.6 Å². The van der Waals surface area contributed by atoms with Gasteiger partial charge in [0.2, 0.25) is 0 Å². The number of carbonyl (C=O) groups is 1. The number of aromatic nitrogens is 3. The highest BCUT2D eigenvalue weighted by Crippen LogP contribution is 2.37. The molecule has 1 aliphatic heterocycles. The van der Waals surface area contributed by atoms with Gasteiger partial charge in [0.1, 0.15) is 11.6 Å². The zero-order chi connectivity index (χ0) is 21.1. The molecule has 1 aliphatic carbocycles. The predicted octanol–water partition coefficient (Wildman–Crippen LogP) is 3.51. The molecule has 0 unspecified atom stereocenters. The third-order valence-corrected chi connectivity index (χ3v) is 5.91. The van der Waals surface area contributed by atoms with Crippen LogP contribution in [0.4, 0.5) is 10.5 Å². The maximum absolute atomic E-state index is 12.7. The van der Waals surface area contributed by atoms with Gasteiger partial charge in [-0.3, -0.25) is 4.57 Å². The molecule has 1 aromatic heterocycles. The maximum atomic E-state index is 12.7. The Morgan fingerprint density at radius 3 is 2.50 bits per heavy atom. The second kappa shape index (κ2) is 8.93. The highest BCUT2D eigenvalue weighted by Gasteiger charge is 2.34. The van der Waals surface area contributed by atoms with Gasteiger partial charge in [0.15, 0.2) is 0 Å². The van der Waals surface area contributed by atoms with Crippen LogP contribution in [0.2, 0.25) is 0 Å². The molecule has 8 nitrogen and oxygen atoms in total. The molecule has 0 radical (unpaired) electrons. The van der Waals surface area contributed by atoms with Crippen molar-refractivity contribution in [3.63, 3.8) is 0 Å². The number of rotatable bonds is 7. The molecular weight excluding hydrogens is 382 g/mol. The lowest BCUT2D eigenvalue weighted by Crippen LogP contribution is -2.41. The molecule has 0 bridgehead atoms. The molecule has 1 aromatic carbocycles. The summed E-state index contributed by atoms with van der Waals surface area (Å²) in [6.07, 6.45) is 5.89. The first kappa shape index (κ1) is 20.5. The number of unbranched alkanes of at least 4 members (excludes halogenated alkanes) is 1. The molecule has 2 heterocycles. The monoisotopic (exact) mass is 413 g/mol. The molecular formula is C22H31N5O3. The molecule has 8 heteroatoms. The van der Waals surface area contributed by atoms with Crippen LogP contribution in [0.3, 0.4) is 0 Å². The third kappa shape index (κ3) is 4.52. The molecule has 0 spiro atoms. The third-order valence-electron chi connectivity index (χ3n) is 5.91. The Morgan fingerprint density at radius 2 is 1.87 bits per heavy atom. The Hall–Kier alpha value is -2.77. The molecule has 1 N–H and O–H groups in total. The summed E-state index contributed by atoms with van der Waals surface area (Å²) in [5, 5.41) is 7.47. The maximum Gasteiger partial charge on any atom is 0.345 e. The molecule has 162 valence electrons. The second-order valence-corrected chi connectivity index (χ2v) is 8.28. The standard InChI is InChI=1S/C22H31N5O3/c1-3-4-15-30-19-9-5-17(6-10-19)23-21(28)26-13-11-16(12-14-26)20-24-25(2)22(29)27(20)18-7-8-18/h5-6,9-10,16,18H,3-4,7-8,11-15H2,1-2H3,(H,23,28). The number of likely N-dealkylation sites (tertiary alicyclic amines) is 1. The normalized spacial score (nSPS) is 17.2. The fraction of sp³-hybridized carbons (Fsp3) is 0.591. The van der Waals surface area contributed by atoms with E-state index >= 15 is 0 Å². The van der Waals surface area contributed by atoms with E-state index in [2.05, 4.69) is 17.3 Å². The Balaban J connectivity index is 1.31. The molecule has 30 heavy (non-hydrogen) atoms. The van der Waals surface area contributed by atoms with Crippen LogP contribution >= 0.6 is 0 Å². The van der Waals surface area contributed by atoms with Gasteiger partial charge in [-0.15, -0.1) is 0 Å². The summed E-state index contributed by atoms with van der Waals surface area (Å²) in [5.74, 6) is 1.94. The van der Waals surface area contributed by atoms with Gasteiger partial charge >= 0.3 is 11.7 Å². The van der Waals surface area contributed by atoms with Gasteiger partial charge < -0.3 is 15.0 Å². The van der Waals surface area contributed by atoms with Crippen molar-refractivity contribution < 1.29 is 9.53 Å². The zero-order valence-electron chi connectivity index (χ0n) is 17.8. The van der Waals surface area contributed by atoms with Gasteiger partial charge in [-0.25, -0.2) is 14.3 Å². The molecule has 4 rings (SSSR count). The lowest BCUT2D eigenvalue weighted by molar-refractivity contribution is 0.192. The highest BCUT2D eigenvalue weighted by molar-refractivity contribution is 5.89. The molecule has 1 saturated carbocycles. The Bertz CT molecular complexity index is 921. The summed E-state index contributed by atoms with van der Waals surface area (Å²) in [7, 11) is 1.72. The Kier molecular flexibility index (Phi) is 6.11. The minimum atomic E-state index is -0.0892. The number of hydrogen-bond acceptors (Lipinski definition) is 4. The van der Waals surface area contributed by atoms with Crippen molar-refractivity contribution in [2.75, 3.05) is 25.0 Å². The molecule has 0 atom stereocenters. The minimum absolute atomic E-state index is 0.0187. The summed E-state index contributed by atoms with van der Waals surface area (Å²) in [5.41, 5.74) is 0.743. The Morgan fingerprint density at radius 1 is 1.17 bits per heavy atom. The fourth-order valence-corrected chi connectivity index (χ4v) is 3.97. The largest absolute Gasteiger partial charge is 0.494 e. The van der Waals surface area contributed by atoms with Crippen LogP contribution in [0, 0.1) is 0 Å². The SMILES string of the molecule is CCCCOc1ccc(NC(=O)N2CCC(c3nn(C)c(=O)n3C3CC3)CC2)cc1. The van der Waals surface area contributed by atoms with E-state index in [0.717, 1.165) is 55.8 Å². The summed E-state index contributed by atoms with van der Waals surface area (Å²) >= 11 is 0. The van der Waals surface area contributed by atoms with Gasteiger partial charge in [-0.1, -0.05) is 13.3 Å². The average molecular weight is 414 g/mol. The number of carbonyl (C=O) groups excluding carboxylic acids is 1. The van der Waals surface area contributed by atoms with Crippen LogP contribution in [0.5, 0.6) is 5.75 Å². The van der Waals surface area contributed by atoms with E-state index < -0.39 is 0 Å². The van der Waals surface area contributed by atoms with Crippen molar-refractivity contribution >= 4 is 11.7 Å². The number of aryl methyl sites for hydroxylation is 1. The summed E-state index contributed by atoms with van der Waals surface area (Å²) in [4.78, 5) is 26.9. The van der Waals surface area contributed by atoms with Crippen molar-refractivity contribution in [1.29, 1.82) is 0 Å². The molecule has 1 saturated heterocycles. The van der Waals surface area contributed by atoms with E-state index in [0.29, 0.717) is 25.7 Å². The van der Waals surface area contributed by atoms with Gasteiger partial charge in [-0.2, -0.15) is 5.10 Å². The summed E-state index contributed by atoms with van der Waals surface area (Å²) in [6, 6.07) is 7.73. The number of urea groups is 1. The van der Waals surface area contributed by atoms with Crippen LogP contribution in [0.15, 0.2) is 29.1 Å². The van der Waals surface area contributed by atoms with Gasteiger partial charge in [0.05, 0.1) is 6.61 Å². The molecule has 2 aliphatic rings. The topological polar surface area (TPSA) is 81.4 Å². The smallest absolute Gasteiger partial charge is 0.345 e. The molecule has 2 fully saturated rings. The van der Waals surface area contributed by atoms with Crippen LogP contribution in [0.25, 0.3) is 0 Å². The summed E-state index contributed by atoms with van der Waals surface area (Å²) in [6.45, 7) is 4.16. The average Bonchev–Trinajstić information content (AvgIpc) is 3.55. The summed E-state index contributed by atoms with van der Waals surface area (Å²) < 4.78 is 8.99. The predicted molar refractivity (Wildman–Crippen MR) is 115 cm³/mol. The highest BCUT2D eigenvalue weighted by atomic mass is 16.5. The van der Waals surface area contributed by atoms with Gasteiger partial charge in [0, 0.05) is 37.8 Å². The van der Waals surface area contributed by atoms with E-state index in [9.17, 15) is 9.59 Å². The number of piperidine rings is 1. The van der Waals surface area contributed by atoms with Crippen molar-refractivity contribution in [2.24, 2.45) is 7.05 Å². The zero-order valence-corrected chi connectivity index (χ0v) is 17.8.